The fourth-order valence-corrected chi connectivity index (χ4v) is 4.54. The lowest BCUT2D eigenvalue weighted by molar-refractivity contribution is -0.121. The molecule has 0 aliphatic carbocycles. The third-order valence-electron chi connectivity index (χ3n) is 6.27. The molecule has 3 aromatic rings. The number of unbranched alkanes of at least 4 members (excludes halogenated alkanes) is 3. The van der Waals surface area contributed by atoms with Gasteiger partial charge in [0.2, 0.25) is 5.91 Å². The van der Waals surface area contributed by atoms with Crippen molar-refractivity contribution in [1.29, 1.82) is 0 Å². The minimum Gasteiger partial charge on any atom is -0.444 e. The first-order valence-electron chi connectivity index (χ1n) is 13.2. The molecule has 0 bridgehead atoms. The van der Waals surface area contributed by atoms with Crippen molar-refractivity contribution in [2.45, 2.75) is 77.9 Å². The van der Waals surface area contributed by atoms with E-state index in [0.717, 1.165) is 54.3 Å². The maximum absolute atomic E-state index is 14.1. The van der Waals surface area contributed by atoms with Crippen molar-refractivity contribution in [3.8, 4) is 0 Å². The number of carbonyl (C=O) groups is 2. The molecule has 37 heavy (non-hydrogen) atoms. The molecule has 6 nitrogen and oxygen atoms in total. The first-order valence-corrected chi connectivity index (χ1v) is 13.2. The average molecular weight is 510 g/mol. The summed E-state index contributed by atoms with van der Waals surface area (Å²) in [5.41, 5.74) is 2.45. The van der Waals surface area contributed by atoms with Crippen molar-refractivity contribution in [3.63, 3.8) is 0 Å². The number of benzene rings is 2. The van der Waals surface area contributed by atoms with Crippen molar-refractivity contribution >= 4 is 22.9 Å². The van der Waals surface area contributed by atoms with Gasteiger partial charge in [0.25, 0.3) is 0 Å². The number of aryl methyl sites for hydroxylation is 1. The van der Waals surface area contributed by atoms with Crippen molar-refractivity contribution in [3.05, 3.63) is 71.7 Å². The van der Waals surface area contributed by atoms with Gasteiger partial charge < -0.3 is 19.9 Å². The summed E-state index contributed by atoms with van der Waals surface area (Å²) >= 11 is 0. The molecule has 1 aromatic heterocycles. The second kappa shape index (κ2) is 13.3. The van der Waals surface area contributed by atoms with Crippen LogP contribution in [0.4, 0.5) is 9.18 Å². The Morgan fingerprint density at radius 2 is 1.68 bits per heavy atom. The average Bonchev–Trinajstić information content (AvgIpc) is 3.21. The number of rotatable bonds is 12. The lowest BCUT2D eigenvalue weighted by Crippen LogP contribution is -2.33. The number of halogens is 1. The van der Waals surface area contributed by atoms with Gasteiger partial charge in [0, 0.05) is 49.1 Å². The number of hydrogen-bond acceptors (Lipinski definition) is 3. The van der Waals surface area contributed by atoms with Crippen LogP contribution in [0.15, 0.2) is 54.7 Å². The second-order valence-electron chi connectivity index (χ2n) is 10.4. The zero-order valence-corrected chi connectivity index (χ0v) is 22.5. The summed E-state index contributed by atoms with van der Waals surface area (Å²) in [6.45, 7) is 9.58. The molecule has 0 fully saturated rings. The Morgan fingerprint density at radius 3 is 2.35 bits per heavy atom. The van der Waals surface area contributed by atoms with Crippen LogP contribution >= 0.6 is 0 Å². The van der Waals surface area contributed by atoms with E-state index in [-0.39, 0.29) is 24.1 Å². The van der Waals surface area contributed by atoms with Gasteiger partial charge >= 0.3 is 6.09 Å². The van der Waals surface area contributed by atoms with E-state index in [1.807, 2.05) is 39.0 Å². The third kappa shape index (κ3) is 8.62. The van der Waals surface area contributed by atoms with Gasteiger partial charge in [-0.25, -0.2) is 9.18 Å². The van der Waals surface area contributed by atoms with Crippen LogP contribution in [0.5, 0.6) is 0 Å². The zero-order chi connectivity index (χ0) is 26.8. The van der Waals surface area contributed by atoms with Crippen LogP contribution in [-0.2, 0) is 16.1 Å². The van der Waals surface area contributed by atoms with E-state index in [1.54, 1.807) is 6.07 Å². The number of aromatic nitrogens is 1. The highest BCUT2D eigenvalue weighted by Crippen LogP contribution is 2.35. The summed E-state index contributed by atoms with van der Waals surface area (Å²) in [5.74, 6) is -0.593. The van der Waals surface area contributed by atoms with E-state index in [0.29, 0.717) is 13.1 Å². The van der Waals surface area contributed by atoms with Crippen molar-refractivity contribution in [1.82, 2.24) is 15.2 Å². The van der Waals surface area contributed by atoms with Crippen LogP contribution in [0.25, 0.3) is 10.9 Å². The molecule has 1 atom stereocenters. The quantitative estimate of drug-likeness (QED) is 0.273. The monoisotopic (exact) mass is 509 g/mol. The van der Waals surface area contributed by atoms with Crippen LogP contribution in [0.3, 0.4) is 0 Å². The highest BCUT2D eigenvalue weighted by molar-refractivity contribution is 5.86. The topological polar surface area (TPSA) is 72.4 Å². The Bertz CT molecular complexity index is 1180. The van der Waals surface area contributed by atoms with E-state index in [1.165, 1.54) is 12.1 Å². The number of amides is 2. The normalized spacial score (nSPS) is 12.4. The van der Waals surface area contributed by atoms with Crippen molar-refractivity contribution in [2.75, 3.05) is 13.1 Å². The molecule has 0 aliphatic rings. The molecule has 0 saturated carbocycles. The largest absolute Gasteiger partial charge is 0.444 e. The van der Waals surface area contributed by atoms with Crippen LogP contribution in [0.1, 0.15) is 76.8 Å². The molecule has 3 rings (SSSR count). The number of hydrogen-bond donors (Lipinski definition) is 2. The van der Waals surface area contributed by atoms with Gasteiger partial charge in [0.1, 0.15) is 11.4 Å². The molecule has 200 valence electrons. The molecule has 0 spiro atoms. The third-order valence-corrected chi connectivity index (χ3v) is 6.27. The summed E-state index contributed by atoms with van der Waals surface area (Å²) in [4.78, 5) is 24.6. The van der Waals surface area contributed by atoms with E-state index in [4.69, 9.17) is 4.74 Å². The highest BCUT2D eigenvalue weighted by atomic mass is 19.1. The number of fused-ring (bicyclic) bond motifs is 1. The SMILES string of the molecule is CCn1cc(C(CC(=O)NCCCCCCNC(=O)OC(C)(C)C)c2cccc(F)c2)c2ccccc21. The first kappa shape index (κ1) is 28.2. The van der Waals surface area contributed by atoms with Crippen LogP contribution in [0.2, 0.25) is 0 Å². The maximum Gasteiger partial charge on any atom is 0.407 e. The van der Waals surface area contributed by atoms with Gasteiger partial charge in [-0.15, -0.1) is 0 Å². The van der Waals surface area contributed by atoms with Crippen LogP contribution < -0.4 is 10.6 Å². The second-order valence-corrected chi connectivity index (χ2v) is 10.4. The Hall–Kier alpha value is -3.35. The number of para-hydroxylation sites is 1. The van der Waals surface area contributed by atoms with Gasteiger partial charge in [-0.05, 0) is 69.9 Å². The smallest absolute Gasteiger partial charge is 0.407 e. The van der Waals surface area contributed by atoms with E-state index in [2.05, 4.69) is 40.5 Å². The molecule has 0 saturated heterocycles. The summed E-state index contributed by atoms with van der Waals surface area (Å²) in [6.07, 6.45) is 5.57. The van der Waals surface area contributed by atoms with Gasteiger partial charge in [-0.2, -0.15) is 0 Å². The highest BCUT2D eigenvalue weighted by Gasteiger charge is 2.23. The Balaban J connectivity index is 1.52. The molecular formula is C30H40FN3O3. The minimum atomic E-state index is -0.497. The van der Waals surface area contributed by atoms with E-state index < -0.39 is 11.7 Å². The molecule has 2 N–H and O–H groups in total. The van der Waals surface area contributed by atoms with Crippen molar-refractivity contribution < 1.29 is 18.7 Å². The van der Waals surface area contributed by atoms with Crippen LogP contribution in [-0.4, -0.2) is 35.3 Å². The van der Waals surface area contributed by atoms with Gasteiger partial charge in [-0.3, -0.25) is 4.79 Å². The van der Waals surface area contributed by atoms with Crippen LogP contribution in [0, 0.1) is 5.82 Å². The van der Waals surface area contributed by atoms with Gasteiger partial charge in [0.15, 0.2) is 0 Å². The lowest BCUT2D eigenvalue weighted by atomic mass is 9.88. The number of nitrogens with zero attached hydrogens (tertiary/aromatic N) is 1. The molecule has 2 aromatic carbocycles. The summed E-state index contributed by atoms with van der Waals surface area (Å²) < 4.78 is 21.5. The number of ether oxygens (including phenoxy) is 1. The molecule has 1 heterocycles. The lowest BCUT2D eigenvalue weighted by Gasteiger charge is -2.19. The van der Waals surface area contributed by atoms with Crippen molar-refractivity contribution in [2.24, 2.45) is 0 Å². The number of alkyl carbamates (subject to hydrolysis) is 1. The predicted molar refractivity (Wildman–Crippen MR) is 146 cm³/mol. The van der Waals surface area contributed by atoms with E-state index >= 15 is 0 Å². The Morgan fingerprint density at radius 1 is 0.973 bits per heavy atom. The minimum absolute atomic E-state index is 0.0471. The first-order chi connectivity index (χ1) is 17.7. The molecule has 0 radical (unpaired) electrons. The molecular weight excluding hydrogens is 469 g/mol. The van der Waals surface area contributed by atoms with Gasteiger partial charge in [-0.1, -0.05) is 43.2 Å². The summed E-state index contributed by atoms with van der Waals surface area (Å²) in [7, 11) is 0. The zero-order valence-electron chi connectivity index (χ0n) is 22.5. The van der Waals surface area contributed by atoms with E-state index in [9.17, 15) is 14.0 Å². The molecule has 7 heteroatoms. The molecule has 0 aliphatic heterocycles. The Kier molecular flexibility index (Phi) is 10.1. The predicted octanol–water partition coefficient (Wildman–Crippen LogP) is 6.52. The number of carbonyl (C=O) groups excluding carboxylic acids is 2. The fraction of sp³-hybridized carbons (Fsp3) is 0.467. The summed E-state index contributed by atoms with van der Waals surface area (Å²) in [5, 5.41) is 6.90. The Labute approximate surface area is 219 Å². The number of nitrogens with one attached hydrogen (secondary N) is 2. The fourth-order valence-electron chi connectivity index (χ4n) is 4.54. The molecule has 2 amide bonds. The standard InChI is InChI=1S/C30H40FN3O3/c1-5-34-21-26(24-15-8-9-16-27(24)34)25(22-13-12-14-23(31)19-22)20-28(35)32-17-10-6-7-11-18-33-29(36)37-30(2,3)4/h8-9,12-16,19,21,25H,5-7,10-11,17-18,20H2,1-4H3,(H,32,35)(H,33,36). The molecule has 1 unspecified atom stereocenters. The summed E-state index contributed by atoms with van der Waals surface area (Å²) in [6, 6.07) is 14.7. The van der Waals surface area contributed by atoms with Gasteiger partial charge in [0.05, 0.1) is 0 Å². The maximum atomic E-state index is 14.1.